The van der Waals surface area contributed by atoms with Crippen LogP contribution >= 0.6 is 7.14 Å². The smallest absolute Gasteiger partial charge is 0.373 e. The third-order valence-corrected chi connectivity index (χ3v) is 6.95. The number of hydrogen-bond acceptors (Lipinski definition) is 10. The fraction of sp³-hybridized carbons (Fsp3) is 0.750. The number of allylic oxidation sites excluding steroid dienone is 1. The normalized spacial score (nSPS) is 11.3. The topological polar surface area (TPSA) is 155 Å². The molecule has 11 heteroatoms. The molecule has 0 bridgehead atoms. The molecule has 0 saturated heterocycles. The third kappa shape index (κ3) is 35.3. The van der Waals surface area contributed by atoms with Crippen molar-refractivity contribution >= 4 is 37.7 Å². The van der Waals surface area contributed by atoms with Gasteiger partial charge in [-0.15, -0.1) is 0 Å². The maximum atomic E-state index is 11.3. The van der Waals surface area contributed by atoms with Crippen LogP contribution < -0.4 is 0 Å². The van der Waals surface area contributed by atoms with E-state index in [9.17, 15) is 18.9 Å². The standard InChI is InChI=1S/C12H22O2.C7H15O3P.C7H14O.2CO2/c1-6-8-12(4,5)9-10(3)11(13)14-7-2;1-5-10-7(8)6(2)11(3,4)9;1-4-5-7(2,3)6-8;2*2-1-3/h9H,6-8H2,1-5H3;6H,5H2,1-4H3;6H,4-5H2,1-3H3;;. The van der Waals surface area contributed by atoms with E-state index in [0.29, 0.717) is 18.8 Å². The van der Waals surface area contributed by atoms with Gasteiger partial charge < -0.3 is 18.8 Å². The molecule has 0 heterocycles. The van der Waals surface area contributed by atoms with Gasteiger partial charge >= 0.3 is 24.2 Å². The number of esters is 2. The molecule has 0 aliphatic carbocycles. The molecule has 0 aliphatic rings. The summed E-state index contributed by atoms with van der Waals surface area (Å²) in [7, 11) is -2.32. The monoisotopic (exact) mass is 578 g/mol. The van der Waals surface area contributed by atoms with E-state index in [-0.39, 0.29) is 35.1 Å². The minimum absolute atomic E-state index is 0.0885. The van der Waals surface area contributed by atoms with Crippen molar-refractivity contribution < 1.29 is 47.6 Å². The Morgan fingerprint density at radius 3 is 1.44 bits per heavy atom. The highest BCUT2D eigenvalue weighted by atomic mass is 31.2. The molecule has 0 amide bonds. The predicted molar refractivity (Wildman–Crippen MR) is 149 cm³/mol. The van der Waals surface area contributed by atoms with Gasteiger partial charge in [-0.05, 0) is 59.3 Å². The lowest BCUT2D eigenvalue weighted by atomic mass is 9.86. The molecule has 1 unspecified atom stereocenters. The van der Waals surface area contributed by atoms with Crippen molar-refractivity contribution in [3.05, 3.63) is 11.6 Å². The molecular weight excluding hydrogens is 527 g/mol. The molecule has 0 rings (SSSR count). The Bertz CT molecular complexity index is 798. The lowest BCUT2D eigenvalue weighted by molar-refractivity contribution is -0.193. The zero-order chi connectivity index (χ0) is 32.3. The Morgan fingerprint density at radius 1 is 0.821 bits per heavy atom. The highest BCUT2D eigenvalue weighted by molar-refractivity contribution is 7.64. The van der Waals surface area contributed by atoms with Crippen molar-refractivity contribution in [2.24, 2.45) is 10.8 Å². The minimum atomic E-state index is -2.32. The summed E-state index contributed by atoms with van der Waals surface area (Å²) in [6.45, 7) is 23.4. The fourth-order valence-electron chi connectivity index (χ4n) is 2.83. The summed E-state index contributed by atoms with van der Waals surface area (Å²) in [5.41, 5.74) is 0.244. The molecule has 0 fully saturated rings. The second-order valence-electron chi connectivity index (χ2n) is 10.2. The van der Waals surface area contributed by atoms with Crippen LogP contribution in [0.15, 0.2) is 11.6 Å². The van der Waals surface area contributed by atoms with Gasteiger partial charge in [-0.25, -0.2) is 4.79 Å². The summed E-state index contributed by atoms with van der Waals surface area (Å²) < 4.78 is 21.0. The average molecular weight is 579 g/mol. The molecular formula is C28H51O10P. The minimum Gasteiger partial charge on any atom is -0.465 e. The van der Waals surface area contributed by atoms with Gasteiger partial charge in [0.15, 0.2) is 0 Å². The van der Waals surface area contributed by atoms with Crippen LogP contribution in [0.2, 0.25) is 0 Å². The maximum Gasteiger partial charge on any atom is 0.373 e. The molecule has 39 heavy (non-hydrogen) atoms. The predicted octanol–water partition coefficient (Wildman–Crippen LogP) is 5.73. The number of hydrogen-bond donors (Lipinski definition) is 0. The molecule has 228 valence electrons. The number of carbonyl (C=O) groups is 3. The van der Waals surface area contributed by atoms with Crippen LogP contribution in [0.4, 0.5) is 0 Å². The van der Waals surface area contributed by atoms with Gasteiger partial charge in [0.2, 0.25) is 0 Å². The highest BCUT2D eigenvalue weighted by Crippen LogP contribution is 2.42. The van der Waals surface area contributed by atoms with Crippen LogP contribution in [0.3, 0.4) is 0 Å². The lowest BCUT2D eigenvalue weighted by Crippen LogP contribution is -2.19. The third-order valence-electron chi connectivity index (χ3n) is 4.87. The summed E-state index contributed by atoms with van der Waals surface area (Å²) >= 11 is 0. The van der Waals surface area contributed by atoms with Gasteiger partial charge in [0.25, 0.3) is 0 Å². The number of ether oxygens (including phenoxy) is 2. The Kier molecular flexibility index (Phi) is 31.9. The summed E-state index contributed by atoms with van der Waals surface area (Å²) in [6, 6.07) is 0. The SMILES string of the molecule is CCCC(C)(C)C=C(C)C(=O)OCC.CCCC(C)(C)C=O.CCOC(=O)C(C)P(C)(C)=O.O=C=O.O=C=O. The Labute approximate surface area is 235 Å². The van der Waals surface area contributed by atoms with Crippen molar-refractivity contribution in [2.75, 3.05) is 26.5 Å². The average Bonchev–Trinajstić information content (AvgIpc) is 2.80. The molecule has 0 spiro atoms. The Morgan fingerprint density at radius 2 is 1.18 bits per heavy atom. The van der Waals surface area contributed by atoms with Crippen LogP contribution in [0.1, 0.15) is 94.9 Å². The summed E-state index contributed by atoms with van der Waals surface area (Å²) in [5.74, 6) is -0.558. The van der Waals surface area contributed by atoms with Gasteiger partial charge in [-0.2, -0.15) is 19.2 Å². The Balaban J connectivity index is -0.000000138. The van der Waals surface area contributed by atoms with Gasteiger partial charge in [0, 0.05) is 11.0 Å². The first kappa shape index (κ1) is 46.2. The first-order valence-electron chi connectivity index (χ1n) is 12.8. The molecule has 0 aromatic carbocycles. The maximum absolute atomic E-state index is 11.3. The number of rotatable bonds is 11. The zero-order valence-corrected chi connectivity index (χ0v) is 26.9. The fourth-order valence-corrected chi connectivity index (χ4v) is 3.41. The molecule has 1 atom stereocenters. The Hall–Kier alpha value is -2.66. The molecule has 0 radical (unpaired) electrons. The van der Waals surface area contributed by atoms with Crippen LogP contribution in [-0.4, -0.2) is 62.7 Å². The van der Waals surface area contributed by atoms with Crippen molar-refractivity contribution in [2.45, 2.75) is 101 Å². The van der Waals surface area contributed by atoms with E-state index in [1.807, 2.05) is 33.8 Å². The molecule has 0 aromatic rings. The first-order valence-corrected chi connectivity index (χ1v) is 15.5. The second kappa shape index (κ2) is 26.9. The van der Waals surface area contributed by atoms with E-state index in [1.54, 1.807) is 27.2 Å². The lowest BCUT2D eigenvalue weighted by Gasteiger charge is -2.20. The van der Waals surface area contributed by atoms with E-state index in [1.165, 1.54) is 0 Å². The van der Waals surface area contributed by atoms with Gasteiger partial charge in [0.1, 0.15) is 11.9 Å². The first-order chi connectivity index (χ1) is 17.8. The van der Waals surface area contributed by atoms with Crippen LogP contribution in [-0.2, 0) is 47.6 Å². The van der Waals surface area contributed by atoms with E-state index in [2.05, 4.69) is 27.7 Å². The number of carbonyl (C=O) groups excluding carboxylic acids is 7. The summed E-state index contributed by atoms with van der Waals surface area (Å²) in [5, 5.41) is 0. The van der Waals surface area contributed by atoms with Gasteiger partial charge in [-0.3, -0.25) is 4.79 Å². The molecule has 0 saturated carbocycles. The van der Waals surface area contributed by atoms with E-state index in [0.717, 1.165) is 32.0 Å². The van der Waals surface area contributed by atoms with E-state index in [4.69, 9.17) is 28.7 Å². The van der Waals surface area contributed by atoms with E-state index < -0.39 is 12.8 Å². The van der Waals surface area contributed by atoms with Crippen molar-refractivity contribution in [3.8, 4) is 0 Å². The second-order valence-corrected chi connectivity index (χ2v) is 13.8. The number of aldehydes is 1. The molecule has 0 aromatic heterocycles. The zero-order valence-electron chi connectivity index (χ0n) is 26.0. The summed E-state index contributed by atoms with van der Waals surface area (Å²) in [4.78, 5) is 65.0. The molecule has 0 aliphatic heterocycles. The van der Waals surface area contributed by atoms with Crippen LogP contribution in [0.25, 0.3) is 0 Å². The highest BCUT2D eigenvalue weighted by Gasteiger charge is 2.26. The summed E-state index contributed by atoms with van der Waals surface area (Å²) in [6.07, 6.45) is 7.83. The van der Waals surface area contributed by atoms with Crippen molar-refractivity contribution in [1.82, 2.24) is 0 Å². The molecule has 10 nitrogen and oxygen atoms in total. The van der Waals surface area contributed by atoms with Gasteiger partial charge in [0.05, 0.1) is 20.4 Å². The van der Waals surface area contributed by atoms with E-state index >= 15 is 0 Å². The van der Waals surface area contributed by atoms with Crippen molar-refractivity contribution in [1.29, 1.82) is 0 Å². The largest absolute Gasteiger partial charge is 0.465 e. The van der Waals surface area contributed by atoms with Crippen LogP contribution in [0.5, 0.6) is 0 Å². The molecule has 0 N–H and O–H groups in total. The van der Waals surface area contributed by atoms with Gasteiger partial charge in [-0.1, -0.05) is 60.5 Å². The van der Waals surface area contributed by atoms with Crippen LogP contribution in [0, 0.1) is 10.8 Å². The van der Waals surface area contributed by atoms with Crippen molar-refractivity contribution in [3.63, 3.8) is 0 Å². The quantitative estimate of drug-likeness (QED) is 0.128.